The molecule has 0 saturated carbocycles. The monoisotopic (exact) mass is 379 g/mol. The third-order valence-electron chi connectivity index (χ3n) is 4.16. The molecule has 0 amide bonds. The minimum atomic E-state index is -2.01. The van der Waals surface area contributed by atoms with Crippen LogP contribution < -0.4 is 0 Å². The van der Waals surface area contributed by atoms with E-state index in [1.165, 1.54) is 6.92 Å². The quantitative estimate of drug-likeness (QED) is 0.236. The highest BCUT2D eigenvalue weighted by molar-refractivity contribution is 5.75. The van der Waals surface area contributed by atoms with Crippen LogP contribution in [-0.4, -0.2) is 63.0 Å². The molecule has 0 fully saturated rings. The van der Waals surface area contributed by atoms with Crippen LogP contribution >= 0.6 is 0 Å². The molecule has 0 heterocycles. The summed E-state index contributed by atoms with van der Waals surface area (Å²) >= 11 is 0. The van der Waals surface area contributed by atoms with Gasteiger partial charge < -0.3 is 30.3 Å². The van der Waals surface area contributed by atoms with E-state index in [4.69, 9.17) is 4.74 Å². The Bertz CT molecular complexity index is 668. The zero-order chi connectivity index (χ0) is 20.6. The summed E-state index contributed by atoms with van der Waals surface area (Å²) in [5.74, 6) is 0. The number of rotatable bonds is 10. The van der Waals surface area contributed by atoms with E-state index in [0.717, 1.165) is 11.1 Å². The lowest BCUT2D eigenvalue weighted by molar-refractivity contribution is -0.216. The molecule has 0 saturated heterocycles. The number of benzene rings is 1. The minimum absolute atomic E-state index is 0.432. The van der Waals surface area contributed by atoms with Crippen LogP contribution in [0.15, 0.2) is 42.0 Å². The van der Waals surface area contributed by atoms with E-state index in [0.29, 0.717) is 11.1 Å². The Hall–Kier alpha value is -1.87. The molecule has 0 aliphatic rings. The van der Waals surface area contributed by atoms with Gasteiger partial charge in [-0.3, -0.25) is 4.99 Å². The van der Waals surface area contributed by atoms with Gasteiger partial charge in [0.15, 0.2) is 6.29 Å². The molecule has 0 aromatic heterocycles. The Labute approximate surface area is 159 Å². The summed E-state index contributed by atoms with van der Waals surface area (Å²) in [7, 11) is 0. The second kappa shape index (κ2) is 11.1. The molecule has 150 valence electrons. The van der Waals surface area contributed by atoms with Crippen molar-refractivity contribution in [1.29, 1.82) is 0 Å². The molecule has 0 radical (unpaired) electrons. The first kappa shape index (κ1) is 23.2. The van der Waals surface area contributed by atoms with Gasteiger partial charge in [-0.25, -0.2) is 0 Å². The van der Waals surface area contributed by atoms with E-state index in [1.54, 1.807) is 44.5 Å². The molecular formula is C20H29NO6. The molecule has 1 rings (SSSR count). The molecule has 1 aromatic rings. The smallest absolute Gasteiger partial charge is 0.181 e. The SMILES string of the molecule is C=C/C(=C\N=CC)c1ccc(C(O)C(OC(CO)C(C)O)C(O)O)c(C)c1. The molecule has 0 bridgehead atoms. The van der Waals surface area contributed by atoms with Crippen LogP contribution in [0.5, 0.6) is 0 Å². The highest BCUT2D eigenvalue weighted by atomic mass is 16.6. The minimum Gasteiger partial charge on any atom is -0.394 e. The molecule has 4 unspecified atom stereocenters. The van der Waals surface area contributed by atoms with Gasteiger partial charge >= 0.3 is 0 Å². The summed E-state index contributed by atoms with van der Waals surface area (Å²) in [6.07, 6.45) is -1.96. The van der Waals surface area contributed by atoms with Gasteiger partial charge in [-0.2, -0.15) is 0 Å². The summed E-state index contributed by atoms with van der Waals surface area (Å²) in [5, 5.41) is 48.7. The van der Waals surface area contributed by atoms with E-state index in [9.17, 15) is 25.5 Å². The third kappa shape index (κ3) is 6.35. The van der Waals surface area contributed by atoms with Crippen LogP contribution in [0.25, 0.3) is 5.57 Å². The molecule has 7 nitrogen and oxygen atoms in total. The topological polar surface area (TPSA) is 123 Å². The molecule has 0 spiro atoms. The fourth-order valence-corrected chi connectivity index (χ4v) is 2.58. The Morgan fingerprint density at radius 2 is 1.93 bits per heavy atom. The summed E-state index contributed by atoms with van der Waals surface area (Å²) in [6, 6.07) is 5.22. The van der Waals surface area contributed by atoms with Crippen LogP contribution in [0.3, 0.4) is 0 Å². The number of allylic oxidation sites excluding steroid dienone is 2. The average molecular weight is 379 g/mol. The zero-order valence-corrected chi connectivity index (χ0v) is 15.9. The Balaban J connectivity index is 3.17. The number of aryl methyl sites for hydroxylation is 1. The van der Waals surface area contributed by atoms with E-state index in [1.807, 2.05) is 6.07 Å². The number of hydrogen-bond donors (Lipinski definition) is 5. The maximum Gasteiger partial charge on any atom is 0.181 e. The molecule has 0 aliphatic heterocycles. The fraction of sp³-hybridized carbons (Fsp3) is 0.450. The lowest BCUT2D eigenvalue weighted by atomic mass is 9.94. The Morgan fingerprint density at radius 1 is 1.26 bits per heavy atom. The van der Waals surface area contributed by atoms with E-state index in [2.05, 4.69) is 11.6 Å². The maximum absolute atomic E-state index is 10.6. The average Bonchev–Trinajstić information content (AvgIpc) is 2.62. The van der Waals surface area contributed by atoms with Crippen molar-refractivity contribution in [3.63, 3.8) is 0 Å². The highest BCUT2D eigenvalue weighted by Crippen LogP contribution is 2.28. The largest absolute Gasteiger partial charge is 0.394 e. The van der Waals surface area contributed by atoms with Crippen molar-refractivity contribution in [2.24, 2.45) is 4.99 Å². The number of aliphatic hydroxyl groups is 5. The lowest BCUT2D eigenvalue weighted by Gasteiger charge is -2.30. The van der Waals surface area contributed by atoms with Crippen LogP contribution in [-0.2, 0) is 4.74 Å². The molecule has 4 atom stereocenters. The van der Waals surface area contributed by atoms with Gasteiger partial charge in [-0.05, 0) is 43.0 Å². The number of nitrogens with zero attached hydrogens (tertiary/aromatic N) is 1. The molecular weight excluding hydrogens is 350 g/mol. The van der Waals surface area contributed by atoms with Crippen molar-refractivity contribution < 1.29 is 30.3 Å². The molecule has 7 heteroatoms. The molecule has 27 heavy (non-hydrogen) atoms. The second-order valence-corrected chi connectivity index (χ2v) is 6.19. The van der Waals surface area contributed by atoms with Crippen LogP contribution in [0.4, 0.5) is 0 Å². The van der Waals surface area contributed by atoms with E-state index in [-0.39, 0.29) is 0 Å². The van der Waals surface area contributed by atoms with Gasteiger partial charge in [0.25, 0.3) is 0 Å². The van der Waals surface area contributed by atoms with Gasteiger partial charge in [0.1, 0.15) is 18.3 Å². The third-order valence-corrected chi connectivity index (χ3v) is 4.16. The van der Waals surface area contributed by atoms with Gasteiger partial charge in [-0.15, -0.1) is 0 Å². The van der Waals surface area contributed by atoms with Crippen molar-refractivity contribution in [3.8, 4) is 0 Å². The predicted octanol–water partition coefficient (Wildman–Crippen LogP) is 1.08. The summed E-state index contributed by atoms with van der Waals surface area (Å²) in [5.41, 5.74) is 2.76. The number of aliphatic imine (C=N–C) groups is 1. The van der Waals surface area contributed by atoms with Crippen molar-refractivity contribution in [1.82, 2.24) is 0 Å². The number of ether oxygens (including phenoxy) is 1. The van der Waals surface area contributed by atoms with Crippen LogP contribution in [0, 0.1) is 6.92 Å². The second-order valence-electron chi connectivity index (χ2n) is 6.19. The highest BCUT2D eigenvalue weighted by Gasteiger charge is 2.32. The van der Waals surface area contributed by atoms with Crippen molar-refractivity contribution >= 4 is 11.8 Å². The van der Waals surface area contributed by atoms with E-state index < -0.39 is 37.3 Å². The van der Waals surface area contributed by atoms with Crippen LogP contribution in [0.2, 0.25) is 0 Å². The Morgan fingerprint density at radius 3 is 2.37 bits per heavy atom. The normalized spacial score (nSPS) is 17.1. The lowest BCUT2D eigenvalue weighted by Crippen LogP contribution is -2.42. The predicted molar refractivity (Wildman–Crippen MR) is 104 cm³/mol. The fourth-order valence-electron chi connectivity index (χ4n) is 2.58. The van der Waals surface area contributed by atoms with Crippen molar-refractivity contribution in [3.05, 3.63) is 53.7 Å². The van der Waals surface area contributed by atoms with Crippen molar-refractivity contribution in [2.45, 2.75) is 51.5 Å². The Kier molecular flexibility index (Phi) is 9.51. The van der Waals surface area contributed by atoms with Gasteiger partial charge in [0, 0.05) is 12.4 Å². The zero-order valence-electron chi connectivity index (χ0n) is 15.9. The first-order valence-corrected chi connectivity index (χ1v) is 8.66. The van der Waals surface area contributed by atoms with Crippen molar-refractivity contribution in [2.75, 3.05) is 6.61 Å². The standard InChI is InChI=1S/C20H29NO6/c1-5-14(10-21-6-2)15-7-8-16(12(3)9-15)18(24)19(20(25)26)27-17(11-22)13(4)23/h5-10,13,17-20,22-26H,1,11H2,2-4H3/b14-10+,21-6?. The number of hydrogen-bond acceptors (Lipinski definition) is 7. The summed E-state index contributed by atoms with van der Waals surface area (Å²) < 4.78 is 5.35. The van der Waals surface area contributed by atoms with Gasteiger partial charge in [-0.1, -0.05) is 30.9 Å². The molecule has 1 aromatic carbocycles. The molecule has 5 N–H and O–H groups in total. The van der Waals surface area contributed by atoms with Crippen LogP contribution in [0.1, 0.15) is 36.6 Å². The summed E-state index contributed by atoms with van der Waals surface area (Å²) in [4.78, 5) is 4.08. The maximum atomic E-state index is 10.6. The first-order valence-electron chi connectivity index (χ1n) is 8.66. The summed E-state index contributed by atoms with van der Waals surface area (Å²) in [6.45, 7) is 8.20. The van der Waals surface area contributed by atoms with E-state index >= 15 is 0 Å². The molecule has 0 aliphatic carbocycles. The first-order chi connectivity index (χ1) is 12.8. The number of aliphatic hydroxyl groups excluding tert-OH is 4. The van der Waals surface area contributed by atoms with Gasteiger partial charge in [0.05, 0.1) is 12.7 Å². The van der Waals surface area contributed by atoms with Gasteiger partial charge in [0.2, 0.25) is 0 Å².